The number of hydrogen-bond acceptors (Lipinski definition) is 7. The molecule has 1 fully saturated rings. The Balaban J connectivity index is 2.06. The Hall–Kier alpha value is -2.48. The zero-order valence-electron chi connectivity index (χ0n) is 15.8. The molecule has 8 heteroatoms. The van der Waals surface area contributed by atoms with E-state index in [2.05, 4.69) is 10.1 Å². The number of carbonyl (C=O) groups excluding carboxylic acids is 1. The standard InChI is InChI=1S/C18H26N6O2/c1-11-16(12(2)26-22-11)14-9-20-18(23(3)4)21-17(14)13-6-5-7-24(10-13)15(25)8-19/h9,13H,5-8,10,19H2,1-4H3/t13-/m0/s1. The maximum absolute atomic E-state index is 12.1. The number of piperidine rings is 1. The normalized spacial score (nSPS) is 17.4. The Morgan fingerprint density at radius 3 is 2.81 bits per heavy atom. The fourth-order valence-corrected chi connectivity index (χ4v) is 3.53. The van der Waals surface area contributed by atoms with Crippen LogP contribution in [-0.2, 0) is 4.79 Å². The number of carbonyl (C=O) groups is 1. The molecule has 0 aromatic carbocycles. The summed E-state index contributed by atoms with van der Waals surface area (Å²) in [5, 5.41) is 4.07. The van der Waals surface area contributed by atoms with E-state index in [1.165, 1.54) is 0 Å². The molecule has 1 saturated heterocycles. The van der Waals surface area contributed by atoms with Gasteiger partial charge in [-0.05, 0) is 26.7 Å². The van der Waals surface area contributed by atoms with Gasteiger partial charge in [0, 0.05) is 44.9 Å². The average Bonchev–Trinajstić information content (AvgIpc) is 2.98. The second-order valence-electron chi connectivity index (χ2n) is 6.95. The quantitative estimate of drug-likeness (QED) is 0.883. The number of anilines is 1. The largest absolute Gasteiger partial charge is 0.361 e. The van der Waals surface area contributed by atoms with Gasteiger partial charge in [-0.2, -0.15) is 0 Å². The number of likely N-dealkylation sites (tertiary alicyclic amines) is 1. The van der Waals surface area contributed by atoms with Gasteiger partial charge in [0.1, 0.15) is 5.76 Å². The lowest BCUT2D eigenvalue weighted by atomic mass is 9.89. The van der Waals surface area contributed by atoms with E-state index < -0.39 is 0 Å². The molecular weight excluding hydrogens is 332 g/mol. The van der Waals surface area contributed by atoms with Crippen molar-refractivity contribution in [1.29, 1.82) is 0 Å². The highest BCUT2D eigenvalue weighted by Crippen LogP contribution is 2.36. The molecule has 0 unspecified atom stereocenters. The molecule has 0 saturated carbocycles. The second-order valence-corrected chi connectivity index (χ2v) is 6.95. The van der Waals surface area contributed by atoms with Crippen molar-refractivity contribution < 1.29 is 9.32 Å². The average molecular weight is 358 g/mol. The summed E-state index contributed by atoms with van der Waals surface area (Å²) in [6.07, 6.45) is 3.74. The smallest absolute Gasteiger partial charge is 0.236 e. The van der Waals surface area contributed by atoms with Gasteiger partial charge in [0.05, 0.1) is 23.5 Å². The topological polar surface area (TPSA) is 101 Å². The summed E-state index contributed by atoms with van der Waals surface area (Å²) in [4.78, 5) is 25.1. The number of rotatable bonds is 4. The fraction of sp³-hybridized carbons (Fsp3) is 0.556. The van der Waals surface area contributed by atoms with Gasteiger partial charge in [-0.1, -0.05) is 5.16 Å². The molecule has 0 bridgehead atoms. The van der Waals surface area contributed by atoms with Crippen LogP contribution in [0.1, 0.15) is 35.9 Å². The van der Waals surface area contributed by atoms with Gasteiger partial charge in [0.25, 0.3) is 0 Å². The predicted octanol–water partition coefficient (Wildman–Crippen LogP) is 1.48. The van der Waals surface area contributed by atoms with Crippen molar-refractivity contribution in [2.75, 3.05) is 38.6 Å². The molecule has 1 amide bonds. The summed E-state index contributed by atoms with van der Waals surface area (Å²) in [6, 6.07) is 0. The van der Waals surface area contributed by atoms with Crippen molar-refractivity contribution >= 4 is 11.9 Å². The van der Waals surface area contributed by atoms with E-state index in [1.807, 2.05) is 43.9 Å². The van der Waals surface area contributed by atoms with Crippen molar-refractivity contribution in [3.63, 3.8) is 0 Å². The summed E-state index contributed by atoms with van der Waals surface area (Å²) in [7, 11) is 3.83. The highest BCUT2D eigenvalue weighted by molar-refractivity contribution is 5.78. The van der Waals surface area contributed by atoms with Gasteiger partial charge in [0.15, 0.2) is 0 Å². The molecular formula is C18H26N6O2. The molecule has 2 N–H and O–H groups in total. The summed E-state index contributed by atoms with van der Waals surface area (Å²) in [5.41, 5.74) is 9.17. The lowest BCUT2D eigenvalue weighted by Crippen LogP contribution is -2.42. The predicted molar refractivity (Wildman–Crippen MR) is 98.9 cm³/mol. The maximum Gasteiger partial charge on any atom is 0.236 e. The Labute approximate surface area is 153 Å². The molecule has 26 heavy (non-hydrogen) atoms. The third kappa shape index (κ3) is 3.41. The minimum absolute atomic E-state index is 0.0181. The zero-order valence-corrected chi connectivity index (χ0v) is 15.8. The Morgan fingerprint density at radius 2 is 2.19 bits per heavy atom. The number of hydrogen-bond donors (Lipinski definition) is 1. The van der Waals surface area contributed by atoms with Crippen LogP contribution in [0.3, 0.4) is 0 Å². The SMILES string of the molecule is Cc1noc(C)c1-c1cnc(N(C)C)nc1[C@H]1CCCN(C(=O)CN)C1. The lowest BCUT2D eigenvalue weighted by molar-refractivity contribution is -0.130. The van der Waals surface area contributed by atoms with E-state index in [-0.39, 0.29) is 18.4 Å². The van der Waals surface area contributed by atoms with E-state index in [4.69, 9.17) is 15.2 Å². The van der Waals surface area contributed by atoms with E-state index in [0.29, 0.717) is 12.5 Å². The van der Waals surface area contributed by atoms with Gasteiger partial charge < -0.3 is 20.1 Å². The molecule has 8 nitrogen and oxygen atoms in total. The van der Waals surface area contributed by atoms with Crippen molar-refractivity contribution in [2.24, 2.45) is 5.73 Å². The van der Waals surface area contributed by atoms with Crippen LogP contribution in [0.2, 0.25) is 0 Å². The summed E-state index contributed by atoms with van der Waals surface area (Å²) >= 11 is 0. The van der Waals surface area contributed by atoms with Crippen molar-refractivity contribution in [3.05, 3.63) is 23.3 Å². The molecule has 2 aromatic rings. The highest BCUT2D eigenvalue weighted by Gasteiger charge is 2.29. The van der Waals surface area contributed by atoms with Crippen molar-refractivity contribution in [1.82, 2.24) is 20.0 Å². The van der Waals surface area contributed by atoms with Crippen LogP contribution in [0, 0.1) is 13.8 Å². The maximum atomic E-state index is 12.1. The van der Waals surface area contributed by atoms with Gasteiger partial charge in [-0.15, -0.1) is 0 Å². The van der Waals surface area contributed by atoms with Gasteiger partial charge >= 0.3 is 0 Å². The van der Waals surface area contributed by atoms with Gasteiger partial charge in [-0.3, -0.25) is 4.79 Å². The fourth-order valence-electron chi connectivity index (χ4n) is 3.53. The molecule has 3 rings (SSSR count). The Kier molecular flexibility index (Phi) is 5.22. The van der Waals surface area contributed by atoms with Crippen LogP contribution in [0.5, 0.6) is 0 Å². The second kappa shape index (κ2) is 7.41. The third-order valence-electron chi connectivity index (χ3n) is 4.84. The first-order valence-electron chi connectivity index (χ1n) is 8.87. The minimum Gasteiger partial charge on any atom is -0.361 e. The molecule has 2 aromatic heterocycles. The first kappa shape index (κ1) is 18.3. The van der Waals surface area contributed by atoms with E-state index in [9.17, 15) is 4.79 Å². The van der Waals surface area contributed by atoms with E-state index in [0.717, 1.165) is 47.7 Å². The van der Waals surface area contributed by atoms with Crippen LogP contribution in [0.4, 0.5) is 5.95 Å². The third-order valence-corrected chi connectivity index (χ3v) is 4.84. The Morgan fingerprint density at radius 1 is 1.42 bits per heavy atom. The number of aryl methyl sites for hydroxylation is 2. The monoisotopic (exact) mass is 358 g/mol. The highest BCUT2D eigenvalue weighted by atomic mass is 16.5. The first-order valence-corrected chi connectivity index (χ1v) is 8.87. The van der Waals surface area contributed by atoms with Crippen molar-refractivity contribution in [2.45, 2.75) is 32.6 Å². The molecule has 1 aliphatic heterocycles. The molecule has 3 heterocycles. The molecule has 0 aliphatic carbocycles. The van der Waals surface area contributed by atoms with Crippen LogP contribution in [0.25, 0.3) is 11.1 Å². The molecule has 140 valence electrons. The minimum atomic E-state index is -0.0181. The van der Waals surface area contributed by atoms with Crippen LogP contribution in [0.15, 0.2) is 10.7 Å². The molecule has 1 aliphatic rings. The van der Waals surface area contributed by atoms with Crippen LogP contribution < -0.4 is 10.6 Å². The summed E-state index contributed by atoms with van der Waals surface area (Å²) in [6.45, 7) is 5.22. The van der Waals surface area contributed by atoms with E-state index in [1.54, 1.807) is 0 Å². The van der Waals surface area contributed by atoms with Crippen LogP contribution >= 0.6 is 0 Å². The first-order chi connectivity index (χ1) is 12.4. The summed E-state index contributed by atoms with van der Waals surface area (Å²) in [5.74, 6) is 1.51. The summed E-state index contributed by atoms with van der Waals surface area (Å²) < 4.78 is 5.35. The van der Waals surface area contributed by atoms with Crippen LogP contribution in [-0.4, -0.2) is 59.7 Å². The van der Waals surface area contributed by atoms with Gasteiger partial charge in [-0.25, -0.2) is 9.97 Å². The molecule has 1 atom stereocenters. The Bertz CT molecular complexity index is 781. The lowest BCUT2D eigenvalue weighted by Gasteiger charge is -2.33. The van der Waals surface area contributed by atoms with E-state index >= 15 is 0 Å². The molecule has 0 spiro atoms. The number of nitrogens with two attached hydrogens (primary N) is 1. The van der Waals surface area contributed by atoms with Gasteiger partial charge in [0.2, 0.25) is 11.9 Å². The molecule has 0 radical (unpaired) electrons. The number of amides is 1. The number of aromatic nitrogens is 3. The van der Waals surface area contributed by atoms with Crippen molar-refractivity contribution in [3.8, 4) is 11.1 Å². The zero-order chi connectivity index (χ0) is 18.8. The number of nitrogens with zero attached hydrogens (tertiary/aromatic N) is 5.